The molecule has 3 N–H and O–H groups in total. The molecule has 8 nitrogen and oxygen atoms in total. The van der Waals surface area contributed by atoms with Gasteiger partial charge in [-0.15, -0.1) is 0 Å². The molecule has 0 bridgehead atoms. The minimum absolute atomic E-state index is 0.0694. The van der Waals surface area contributed by atoms with Crippen molar-refractivity contribution in [1.29, 1.82) is 0 Å². The number of carbonyl (C=O) groups is 2. The minimum Gasteiger partial charge on any atom is -0.492 e. The van der Waals surface area contributed by atoms with Gasteiger partial charge in [-0.1, -0.05) is 22.0 Å². The number of nitrogens with two attached hydrogens (primary N) is 1. The summed E-state index contributed by atoms with van der Waals surface area (Å²) >= 11 is 3.39. The van der Waals surface area contributed by atoms with Crippen molar-refractivity contribution in [2.24, 2.45) is 5.73 Å². The van der Waals surface area contributed by atoms with Crippen molar-refractivity contribution in [3.05, 3.63) is 57.4 Å². The SMILES string of the molecule is Cc1nc2c(C(N)=O)cnn2c(C)c1CCC(=O)NCCOc1cccc(Br)c1. The fraction of sp³-hybridized carbons (Fsp3) is 0.300. The lowest BCUT2D eigenvalue weighted by molar-refractivity contribution is -0.121. The third kappa shape index (κ3) is 4.92. The molecular weight excluding hydrogens is 438 g/mol. The Bertz CT molecular complexity index is 1060. The van der Waals surface area contributed by atoms with Crippen LogP contribution in [0.3, 0.4) is 0 Å². The second-order valence-corrected chi connectivity index (χ2v) is 7.49. The van der Waals surface area contributed by atoms with Crippen LogP contribution in [0.25, 0.3) is 5.65 Å². The summed E-state index contributed by atoms with van der Waals surface area (Å²) in [6.07, 6.45) is 2.25. The highest BCUT2D eigenvalue weighted by atomic mass is 79.9. The Kier molecular flexibility index (Phi) is 6.48. The highest BCUT2D eigenvalue weighted by molar-refractivity contribution is 9.10. The van der Waals surface area contributed by atoms with Gasteiger partial charge in [-0.05, 0) is 44.0 Å². The number of fused-ring (bicyclic) bond motifs is 1. The van der Waals surface area contributed by atoms with Gasteiger partial charge in [0.05, 0.1) is 12.7 Å². The van der Waals surface area contributed by atoms with Gasteiger partial charge in [0.25, 0.3) is 5.91 Å². The largest absolute Gasteiger partial charge is 0.492 e. The van der Waals surface area contributed by atoms with Crippen molar-refractivity contribution in [3.8, 4) is 5.75 Å². The Hall–Kier alpha value is -2.94. The Morgan fingerprint density at radius 3 is 2.83 bits per heavy atom. The van der Waals surface area contributed by atoms with Crippen LogP contribution in [0.2, 0.25) is 0 Å². The van der Waals surface area contributed by atoms with Crippen LogP contribution in [0.1, 0.15) is 33.7 Å². The maximum atomic E-state index is 12.2. The highest BCUT2D eigenvalue weighted by Crippen LogP contribution is 2.19. The molecule has 3 aromatic rings. The van der Waals surface area contributed by atoms with Crippen LogP contribution in [0, 0.1) is 13.8 Å². The zero-order valence-electron chi connectivity index (χ0n) is 16.2. The van der Waals surface area contributed by atoms with Crippen molar-refractivity contribution in [1.82, 2.24) is 19.9 Å². The van der Waals surface area contributed by atoms with E-state index in [0.717, 1.165) is 27.2 Å². The van der Waals surface area contributed by atoms with E-state index in [1.54, 1.807) is 4.52 Å². The topological polar surface area (TPSA) is 112 Å². The maximum Gasteiger partial charge on any atom is 0.254 e. The third-order valence-corrected chi connectivity index (χ3v) is 5.06. The standard InChI is InChI=1S/C20H22BrN5O3/c1-12-16(13(2)26-20(25-12)17(11-24-26)19(22)28)6-7-18(27)23-8-9-29-15-5-3-4-14(21)10-15/h3-5,10-11H,6-9H2,1-2H3,(H2,22,28)(H,23,27). The van der Waals surface area contributed by atoms with Gasteiger partial charge in [0.2, 0.25) is 5.91 Å². The number of benzene rings is 1. The number of rotatable bonds is 8. The first kappa shape index (κ1) is 20.8. The summed E-state index contributed by atoms with van der Waals surface area (Å²) in [5, 5.41) is 7.05. The first-order valence-electron chi connectivity index (χ1n) is 9.15. The highest BCUT2D eigenvalue weighted by Gasteiger charge is 2.17. The van der Waals surface area contributed by atoms with Crippen molar-refractivity contribution in [2.45, 2.75) is 26.7 Å². The summed E-state index contributed by atoms with van der Waals surface area (Å²) in [5.41, 5.74) is 8.60. The normalized spacial score (nSPS) is 10.9. The van der Waals surface area contributed by atoms with Crippen LogP contribution in [0.4, 0.5) is 0 Å². The monoisotopic (exact) mass is 459 g/mol. The molecule has 0 spiro atoms. The van der Waals surface area contributed by atoms with Gasteiger partial charge in [-0.3, -0.25) is 9.59 Å². The first-order valence-corrected chi connectivity index (χ1v) is 9.95. The smallest absolute Gasteiger partial charge is 0.254 e. The number of amides is 2. The maximum absolute atomic E-state index is 12.2. The van der Waals surface area contributed by atoms with Crippen molar-refractivity contribution in [2.75, 3.05) is 13.2 Å². The average Bonchev–Trinajstić information content (AvgIpc) is 3.09. The second kappa shape index (κ2) is 9.04. The van der Waals surface area contributed by atoms with E-state index in [1.807, 2.05) is 38.1 Å². The van der Waals surface area contributed by atoms with Crippen LogP contribution >= 0.6 is 15.9 Å². The fourth-order valence-electron chi connectivity index (χ4n) is 3.09. The van der Waals surface area contributed by atoms with Gasteiger partial charge < -0.3 is 15.8 Å². The molecule has 2 amide bonds. The summed E-state index contributed by atoms with van der Waals surface area (Å²) in [6, 6.07) is 7.54. The van der Waals surface area contributed by atoms with E-state index in [9.17, 15) is 9.59 Å². The number of aryl methyl sites for hydroxylation is 2. The fourth-order valence-corrected chi connectivity index (χ4v) is 3.47. The van der Waals surface area contributed by atoms with E-state index in [2.05, 4.69) is 31.3 Å². The predicted molar refractivity (Wildman–Crippen MR) is 112 cm³/mol. The molecule has 29 heavy (non-hydrogen) atoms. The number of nitrogens with one attached hydrogen (secondary N) is 1. The van der Waals surface area contributed by atoms with E-state index in [4.69, 9.17) is 10.5 Å². The summed E-state index contributed by atoms with van der Waals surface area (Å²) < 4.78 is 8.13. The van der Waals surface area contributed by atoms with Crippen LogP contribution in [-0.4, -0.2) is 39.6 Å². The van der Waals surface area contributed by atoms with Gasteiger partial charge in [0.1, 0.15) is 17.9 Å². The number of halogens is 1. The molecule has 1 aromatic carbocycles. The van der Waals surface area contributed by atoms with E-state index in [1.165, 1.54) is 6.20 Å². The Labute approximate surface area is 176 Å². The minimum atomic E-state index is -0.566. The molecular formula is C20H22BrN5O3. The molecule has 0 aliphatic heterocycles. The lowest BCUT2D eigenvalue weighted by atomic mass is 10.1. The van der Waals surface area contributed by atoms with Crippen LogP contribution in [0.15, 0.2) is 34.9 Å². The van der Waals surface area contributed by atoms with Gasteiger partial charge in [-0.2, -0.15) is 5.10 Å². The molecule has 0 aliphatic carbocycles. The molecule has 2 heterocycles. The van der Waals surface area contributed by atoms with Crippen LogP contribution < -0.4 is 15.8 Å². The van der Waals surface area contributed by atoms with Gasteiger partial charge in [0, 0.05) is 22.3 Å². The third-order valence-electron chi connectivity index (χ3n) is 4.57. The molecule has 0 saturated carbocycles. The number of hydrogen-bond acceptors (Lipinski definition) is 5. The van der Waals surface area contributed by atoms with E-state index in [-0.39, 0.29) is 11.5 Å². The van der Waals surface area contributed by atoms with Gasteiger partial charge in [0.15, 0.2) is 5.65 Å². The summed E-state index contributed by atoms with van der Waals surface area (Å²) in [6.45, 7) is 4.54. The Morgan fingerprint density at radius 2 is 2.10 bits per heavy atom. The molecule has 3 rings (SSSR count). The zero-order valence-corrected chi connectivity index (χ0v) is 17.8. The molecule has 0 atom stereocenters. The average molecular weight is 460 g/mol. The lowest BCUT2D eigenvalue weighted by Gasteiger charge is -2.12. The number of ether oxygens (including phenoxy) is 1. The summed E-state index contributed by atoms with van der Waals surface area (Å²) in [4.78, 5) is 28.1. The molecule has 0 unspecified atom stereocenters. The van der Waals surface area contributed by atoms with E-state index in [0.29, 0.717) is 31.6 Å². The van der Waals surface area contributed by atoms with Crippen LogP contribution in [-0.2, 0) is 11.2 Å². The molecule has 152 valence electrons. The quantitative estimate of drug-likeness (QED) is 0.502. The summed E-state index contributed by atoms with van der Waals surface area (Å²) in [5.74, 6) is 0.109. The Balaban J connectivity index is 1.54. The molecule has 9 heteroatoms. The van der Waals surface area contributed by atoms with E-state index < -0.39 is 5.91 Å². The first-order chi connectivity index (χ1) is 13.9. The lowest BCUT2D eigenvalue weighted by Crippen LogP contribution is -2.28. The molecule has 0 aliphatic rings. The molecule has 0 radical (unpaired) electrons. The van der Waals surface area contributed by atoms with Gasteiger partial charge in [-0.25, -0.2) is 9.50 Å². The predicted octanol–water partition coefficient (Wildman–Crippen LogP) is 2.34. The Morgan fingerprint density at radius 1 is 1.31 bits per heavy atom. The van der Waals surface area contributed by atoms with Crippen molar-refractivity contribution < 1.29 is 14.3 Å². The van der Waals surface area contributed by atoms with E-state index >= 15 is 0 Å². The number of carbonyl (C=O) groups excluding carboxylic acids is 2. The second-order valence-electron chi connectivity index (χ2n) is 6.57. The number of hydrogen-bond donors (Lipinski definition) is 2. The number of aromatic nitrogens is 3. The molecule has 2 aromatic heterocycles. The molecule has 0 fully saturated rings. The van der Waals surface area contributed by atoms with Crippen LogP contribution in [0.5, 0.6) is 5.75 Å². The van der Waals surface area contributed by atoms with Crippen molar-refractivity contribution in [3.63, 3.8) is 0 Å². The summed E-state index contributed by atoms with van der Waals surface area (Å²) in [7, 11) is 0. The molecule has 0 saturated heterocycles. The number of primary amides is 1. The zero-order chi connectivity index (χ0) is 21.0. The number of nitrogens with zero attached hydrogens (tertiary/aromatic N) is 3. The van der Waals surface area contributed by atoms with Gasteiger partial charge >= 0.3 is 0 Å². The van der Waals surface area contributed by atoms with Crippen molar-refractivity contribution >= 4 is 33.4 Å².